The number of hydrogen-bond acceptors (Lipinski definition) is 3. The maximum Gasteiger partial charge on any atom is 0.251 e. The third-order valence-corrected chi connectivity index (χ3v) is 3.34. The molecule has 92 valence electrons. The molecule has 4 heteroatoms. The van der Waals surface area contributed by atoms with Crippen LogP contribution in [0.5, 0.6) is 0 Å². The molecule has 2 rings (SSSR count). The van der Waals surface area contributed by atoms with Gasteiger partial charge in [-0.2, -0.15) is 0 Å². The largest absolute Gasteiger partial charge is 0.352 e. The fourth-order valence-corrected chi connectivity index (χ4v) is 2.27. The van der Waals surface area contributed by atoms with Crippen LogP contribution in [0.15, 0.2) is 24.3 Å². The fraction of sp³-hybridized carbons (Fsp3) is 0.462. The molecule has 1 aromatic rings. The van der Waals surface area contributed by atoms with E-state index in [9.17, 15) is 4.79 Å². The van der Waals surface area contributed by atoms with Gasteiger partial charge in [-0.15, -0.1) is 0 Å². The van der Waals surface area contributed by atoms with E-state index in [-0.39, 0.29) is 5.91 Å². The second-order valence-corrected chi connectivity index (χ2v) is 4.58. The number of nitrogens with one attached hydrogen (secondary N) is 2. The van der Waals surface area contributed by atoms with Crippen molar-refractivity contribution in [2.24, 2.45) is 11.8 Å². The quantitative estimate of drug-likeness (QED) is 0.549. The van der Waals surface area contributed by atoms with Gasteiger partial charge in [-0.05, 0) is 43.0 Å². The summed E-state index contributed by atoms with van der Waals surface area (Å²) in [4.78, 5) is 11.8. The minimum Gasteiger partial charge on any atom is -0.352 e. The number of amides is 1. The van der Waals surface area contributed by atoms with Gasteiger partial charge in [0.05, 0.1) is 0 Å². The van der Waals surface area contributed by atoms with Gasteiger partial charge in [0.15, 0.2) is 0 Å². The maximum absolute atomic E-state index is 11.8. The van der Waals surface area contributed by atoms with Crippen molar-refractivity contribution in [2.45, 2.75) is 25.7 Å². The molecular formula is C13H19N3O. The molecule has 0 aromatic heterocycles. The Kier molecular flexibility index (Phi) is 3.98. The molecule has 1 amide bonds. The zero-order valence-electron chi connectivity index (χ0n) is 9.91. The van der Waals surface area contributed by atoms with E-state index in [0.717, 1.165) is 12.2 Å². The van der Waals surface area contributed by atoms with Crippen LogP contribution in [0.3, 0.4) is 0 Å². The maximum atomic E-state index is 11.8. The highest BCUT2D eigenvalue weighted by molar-refractivity contribution is 5.94. The first kappa shape index (κ1) is 11.9. The number of rotatable bonds is 4. The Balaban J connectivity index is 1.85. The molecule has 1 saturated carbocycles. The Hall–Kier alpha value is -1.55. The van der Waals surface area contributed by atoms with Crippen LogP contribution in [0.1, 0.15) is 36.0 Å². The standard InChI is InChI=1S/C13H19N3O/c14-16-12-7-5-11(6-8-12)13(17)15-9-10-3-1-2-4-10/h5-8,10,16H,1-4,9,14H2,(H,15,17). The van der Waals surface area contributed by atoms with E-state index in [1.807, 2.05) is 0 Å². The van der Waals surface area contributed by atoms with E-state index in [1.54, 1.807) is 24.3 Å². The molecule has 4 nitrogen and oxygen atoms in total. The van der Waals surface area contributed by atoms with Gasteiger partial charge in [-0.1, -0.05) is 12.8 Å². The van der Waals surface area contributed by atoms with E-state index in [2.05, 4.69) is 10.7 Å². The van der Waals surface area contributed by atoms with E-state index < -0.39 is 0 Å². The van der Waals surface area contributed by atoms with Crippen molar-refractivity contribution < 1.29 is 4.79 Å². The van der Waals surface area contributed by atoms with Gasteiger partial charge in [0.25, 0.3) is 5.91 Å². The summed E-state index contributed by atoms with van der Waals surface area (Å²) in [6.07, 6.45) is 5.10. The lowest BCUT2D eigenvalue weighted by molar-refractivity contribution is 0.0947. The molecular weight excluding hydrogens is 214 g/mol. The molecule has 1 aliphatic rings. The van der Waals surface area contributed by atoms with Gasteiger partial charge in [-0.25, -0.2) is 0 Å². The molecule has 0 heterocycles. The molecule has 0 radical (unpaired) electrons. The second kappa shape index (κ2) is 5.68. The molecule has 0 spiro atoms. The van der Waals surface area contributed by atoms with Crippen LogP contribution < -0.4 is 16.6 Å². The molecule has 0 atom stereocenters. The van der Waals surface area contributed by atoms with E-state index >= 15 is 0 Å². The monoisotopic (exact) mass is 233 g/mol. The highest BCUT2D eigenvalue weighted by Crippen LogP contribution is 2.23. The fourth-order valence-electron chi connectivity index (χ4n) is 2.27. The average molecular weight is 233 g/mol. The van der Waals surface area contributed by atoms with E-state index in [0.29, 0.717) is 11.5 Å². The molecule has 0 saturated heterocycles. The molecule has 17 heavy (non-hydrogen) atoms. The predicted octanol–water partition coefficient (Wildman–Crippen LogP) is 1.89. The zero-order chi connectivity index (χ0) is 12.1. The third-order valence-electron chi connectivity index (χ3n) is 3.34. The van der Waals surface area contributed by atoms with E-state index in [4.69, 9.17) is 5.84 Å². The van der Waals surface area contributed by atoms with Gasteiger partial charge < -0.3 is 10.7 Å². The van der Waals surface area contributed by atoms with Gasteiger partial charge >= 0.3 is 0 Å². The molecule has 4 N–H and O–H groups in total. The summed E-state index contributed by atoms with van der Waals surface area (Å²) in [7, 11) is 0. The summed E-state index contributed by atoms with van der Waals surface area (Å²) >= 11 is 0. The second-order valence-electron chi connectivity index (χ2n) is 4.58. The highest BCUT2D eigenvalue weighted by Gasteiger charge is 2.15. The number of carbonyl (C=O) groups excluding carboxylic acids is 1. The van der Waals surface area contributed by atoms with Gasteiger partial charge in [0.2, 0.25) is 0 Å². The molecule has 0 bridgehead atoms. The zero-order valence-corrected chi connectivity index (χ0v) is 9.91. The summed E-state index contributed by atoms with van der Waals surface area (Å²) in [5, 5.41) is 2.99. The molecule has 1 aliphatic carbocycles. The minimum atomic E-state index is 0.000437. The van der Waals surface area contributed by atoms with Crippen LogP contribution in [0.2, 0.25) is 0 Å². The van der Waals surface area contributed by atoms with E-state index in [1.165, 1.54) is 25.7 Å². The number of benzene rings is 1. The first-order valence-corrected chi connectivity index (χ1v) is 6.14. The van der Waals surface area contributed by atoms with Crippen molar-refractivity contribution in [2.75, 3.05) is 12.0 Å². The van der Waals surface area contributed by atoms with Crippen molar-refractivity contribution in [1.82, 2.24) is 5.32 Å². The number of nitrogen functional groups attached to an aromatic ring is 1. The minimum absolute atomic E-state index is 0.000437. The van der Waals surface area contributed by atoms with Gasteiger partial charge in [0.1, 0.15) is 0 Å². The molecule has 0 aliphatic heterocycles. The van der Waals surface area contributed by atoms with Crippen molar-refractivity contribution in [3.8, 4) is 0 Å². The number of hydrogen-bond donors (Lipinski definition) is 3. The number of anilines is 1. The van der Waals surface area contributed by atoms with Crippen molar-refractivity contribution in [3.63, 3.8) is 0 Å². The van der Waals surface area contributed by atoms with Crippen molar-refractivity contribution in [3.05, 3.63) is 29.8 Å². The van der Waals surface area contributed by atoms with Crippen LogP contribution in [-0.2, 0) is 0 Å². The number of nitrogens with two attached hydrogens (primary N) is 1. The summed E-state index contributed by atoms with van der Waals surface area (Å²) in [5.41, 5.74) is 4.02. The Morgan fingerprint density at radius 3 is 2.47 bits per heavy atom. The normalized spacial score (nSPS) is 15.8. The molecule has 1 aromatic carbocycles. The molecule has 1 fully saturated rings. The van der Waals surface area contributed by atoms with Crippen molar-refractivity contribution >= 4 is 11.6 Å². The highest BCUT2D eigenvalue weighted by atomic mass is 16.1. The van der Waals surface area contributed by atoms with Crippen LogP contribution in [0.25, 0.3) is 0 Å². The lowest BCUT2D eigenvalue weighted by Crippen LogP contribution is -2.28. The first-order chi connectivity index (χ1) is 8.29. The summed E-state index contributed by atoms with van der Waals surface area (Å²) in [5.74, 6) is 5.94. The number of hydrazine groups is 1. The lowest BCUT2D eigenvalue weighted by Gasteiger charge is -2.10. The van der Waals surface area contributed by atoms with Crippen LogP contribution >= 0.6 is 0 Å². The van der Waals surface area contributed by atoms with Crippen LogP contribution in [-0.4, -0.2) is 12.5 Å². The summed E-state index contributed by atoms with van der Waals surface area (Å²) in [6.45, 7) is 0.801. The van der Waals surface area contributed by atoms with Gasteiger partial charge in [-0.3, -0.25) is 10.6 Å². The number of carbonyl (C=O) groups is 1. The summed E-state index contributed by atoms with van der Waals surface area (Å²) < 4.78 is 0. The Morgan fingerprint density at radius 1 is 1.24 bits per heavy atom. The Bertz CT molecular complexity index is 369. The third kappa shape index (κ3) is 3.20. The van der Waals surface area contributed by atoms with Crippen LogP contribution in [0, 0.1) is 5.92 Å². The average Bonchev–Trinajstić information content (AvgIpc) is 2.89. The SMILES string of the molecule is NNc1ccc(C(=O)NCC2CCCC2)cc1. The Labute approximate surface area is 102 Å². The molecule has 0 unspecified atom stereocenters. The van der Waals surface area contributed by atoms with Crippen molar-refractivity contribution in [1.29, 1.82) is 0 Å². The van der Waals surface area contributed by atoms with Crippen LogP contribution in [0.4, 0.5) is 5.69 Å². The summed E-state index contributed by atoms with van der Waals surface area (Å²) in [6, 6.07) is 7.15. The Morgan fingerprint density at radius 2 is 1.88 bits per heavy atom. The van der Waals surface area contributed by atoms with Gasteiger partial charge in [0, 0.05) is 17.8 Å². The first-order valence-electron chi connectivity index (χ1n) is 6.14. The predicted molar refractivity (Wildman–Crippen MR) is 68.5 cm³/mol. The lowest BCUT2D eigenvalue weighted by atomic mass is 10.1. The smallest absolute Gasteiger partial charge is 0.251 e. The topological polar surface area (TPSA) is 67.1 Å².